The van der Waals surface area contributed by atoms with Crippen LogP contribution in [0.25, 0.3) is 0 Å². The monoisotopic (exact) mass is 216 g/mol. The van der Waals surface area contributed by atoms with Gasteiger partial charge < -0.3 is 15.3 Å². The zero-order valence-electron chi connectivity index (χ0n) is 9.53. The normalized spacial score (nSPS) is 16.9. The molecule has 2 unspecified atom stereocenters. The SMILES string of the molecule is CCC(O)CC(CC(C)O)=C(C)C(=O)O. The molecule has 0 aliphatic heterocycles. The van der Waals surface area contributed by atoms with Crippen LogP contribution in [0.3, 0.4) is 0 Å². The third-order valence-corrected chi connectivity index (χ3v) is 2.35. The lowest BCUT2D eigenvalue weighted by atomic mass is 9.96. The summed E-state index contributed by atoms with van der Waals surface area (Å²) in [6.45, 7) is 4.94. The van der Waals surface area contributed by atoms with Crippen molar-refractivity contribution >= 4 is 5.97 Å². The van der Waals surface area contributed by atoms with E-state index >= 15 is 0 Å². The van der Waals surface area contributed by atoms with Gasteiger partial charge >= 0.3 is 5.97 Å². The highest BCUT2D eigenvalue weighted by molar-refractivity contribution is 5.86. The Balaban J connectivity index is 4.72. The molecule has 2 atom stereocenters. The van der Waals surface area contributed by atoms with Gasteiger partial charge in [0.05, 0.1) is 12.2 Å². The van der Waals surface area contributed by atoms with Crippen LogP contribution in [0, 0.1) is 0 Å². The fraction of sp³-hybridized carbons (Fsp3) is 0.727. The molecule has 0 saturated carbocycles. The number of hydrogen-bond donors (Lipinski definition) is 3. The van der Waals surface area contributed by atoms with Crippen LogP contribution in [0.5, 0.6) is 0 Å². The Morgan fingerprint density at radius 2 is 1.80 bits per heavy atom. The third-order valence-electron chi connectivity index (χ3n) is 2.35. The second-order valence-electron chi connectivity index (χ2n) is 3.85. The summed E-state index contributed by atoms with van der Waals surface area (Å²) in [7, 11) is 0. The van der Waals surface area contributed by atoms with E-state index in [4.69, 9.17) is 5.11 Å². The van der Waals surface area contributed by atoms with Crippen molar-refractivity contribution in [3.63, 3.8) is 0 Å². The third kappa shape index (κ3) is 5.54. The Labute approximate surface area is 90.2 Å². The van der Waals surface area contributed by atoms with E-state index in [0.717, 1.165) is 0 Å². The van der Waals surface area contributed by atoms with Gasteiger partial charge in [0, 0.05) is 5.57 Å². The van der Waals surface area contributed by atoms with Crippen molar-refractivity contribution in [1.29, 1.82) is 0 Å². The summed E-state index contributed by atoms with van der Waals surface area (Å²) in [5.74, 6) is -0.992. The van der Waals surface area contributed by atoms with Crippen LogP contribution < -0.4 is 0 Å². The van der Waals surface area contributed by atoms with Gasteiger partial charge in [0.2, 0.25) is 0 Å². The highest BCUT2D eigenvalue weighted by atomic mass is 16.4. The first-order valence-electron chi connectivity index (χ1n) is 5.16. The molecule has 0 aliphatic carbocycles. The number of aliphatic carboxylic acids is 1. The summed E-state index contributed by atoms with van der Waals surface area (Å²) in [6, 6.07) is 0. The Bertz CT molecular complexity index is 243. The smallest absolute Gasteiger partial charge is 0.331 e. The van der Waals surface area contributed by atoms with Crippen molar-refractivity contribution < 1.29 is 20.1 Å². The van der Waals surface area contributed by atoms with Crippen LogP contribution in [-0.2, 0) is 4.79 Å². The number of aliphatic hydroxyl groups excluding tert-OH is 2. The Hall–Kier alpha value is -0.870. The lowest BCUT2D eigenvalue weighted by Crippen LogP contribution is -2.13. The number of aliphatic hydroxyl groups is 2. The fourth-order valence-electron chi connectivity index (χ4n) is 1.33. The molecule has 0 bridgehead atoms. The van der Waals surface area contributed by atoms with Crippen molar-refractivity contribution in [3.8, 4) is 0 Å². The highest BCUT2D eigenvalue weighted by Gasteiger charge is 2.14. The Kier molecular flexibility index (Phi) is 6.20. The average molecular weight is 216 g/mol. The molecule has 0 amide bonds. The second-order valence-corrected chi connectivity index (χ2v) is 3.85. The zero-order valence-corrected chi connectivity index (χ0v) is 9.53. The van der Waals surface area contributed by atoms with Crippen molar-refractivity contribution in [2.45, 2.75) is 52.2 Å². The maximum absolute atomic E-state index is 10.8. The predicted octanol–water partition coefficient (Wildman–Crippen LogP) is 1.32. The molecule has 0 aromatic rings. The minimum absolute atomic E-state index is 0.225. The standard InChI is InChI=1S/C11H20O4/c1-4-10(13)6-9(5-7(2)12)8(3)11(14)15/h7,10,12-13H,4-6H2,1-3H3,(H,14,15). The van der Waals surface area contributed by atoms with E-state index in [0.29, 0.717) is 24.8 Å². The molecule has 0 spiro atoms. The molecule has 0 heterocycles. The highest BCUT2D eigenvalue weighted by Crippen LogP contribution is 2.19. The maximum Gasteiger partial charge on any atom is 0.331 e. The molecule has 0 aromatic carbocycles. The maximum atomic E-state index is 10.8. The van der Waals surface area contributed by atoms with Gasteiger partial charge in [-0.15, -0.1) is 0 Å². The minimum Gasteiger partial charge on any atom is -0.478 e. The van der Waals surface area contributed by atoms with Crippen molar-refractivity contribution in [3.05, 3.63) is 11.1 Å². The number of rotatable bonds is 6. The zero-order chi connectivity index (χ0) is 12.0. The van der Waals surface area contributed by atoms with E-state index in [-0.39, 0.29) is 5.57 Å². The molecule has 0 radical (unpaired) electrons. The Morgan fingerprint density at radius 1 is 1.27 bits per heavy atom. The van der Waals surface area contributed by atoms with Gasteiger partial charge in [0.25, 0.3) is 0 Å². The van der Waals surface area contributed by atoms with Crippen LogP contribution in [-0.4, -0.2) is 33.5 Å². The van der Waals surface area contributed by atoms with Gasteiger partial charge in [-0.25, -0.2) is 4.79 Å². The number of carboxylic acid groups (broad SMARTS) is 1. The van der Waals surface area contributed by atoms with Gasteiger partial charge in [-0.2, -0.15) is 0 Å². The average Bonchev–Trinajstić information content (AvgIpc) is 2.14. The van der Waals surface area contributed by atoms with E-state index in [1.165, 1.54) is 6.92 Å². The first-order valence-corrected chi connectivity index (χ1v) is 5.16. The van der Waals surface area contributed by atoms with Gasteiger partial charge in [-0.1, -0.05) is 12.5 Å². The fourth-order valence-corrected chi connectivity index (χ4v) is 1.33. The second kappa shape index (κ2) is 6.58. The van der Waals surface area contributed by atoms with Crippen LogP contribution >= 0.6 is 0 Å². The van der Waals surface area contributed by atoms with E-state index in [1.807, 2.05) is 6.92 Å². The number of hydrogen-bond acceptors (Lipinski definition) is 3. The molecule has 3 N–H and O–H groups in total. The van der Waals surface area contributed by atoms with E-state index in [9.17, 15) is 15.0 Å². The summed E-state index contributed by atoms with van der Waals surface area (Å²) in [6.07, 6.45) is 0.0803. The van der Waals surface area contributed by atoms with Crippen LogP contribution in [0.15, 0.2) is 11.1 Å². The predicted molar refractivity (Wildman–Crippen MR) is 57.5 cm³/mol. The molecular weight excluding hydrogens is 196 g/mol. The molecule has 0 aromatic heterocycles. The molecule has 0 fully saturated rings. The van der Waals surface area contributed by atoms with Crippen molar-refractivity contribution in [1.82, 2.24) is 0 Å². The van der Waals surface area contributed by atoms with Gasteiger partial charge in [0.15, 0.2) is 0 Å². The van der Waals surface area contributed by atoms with Crippen molar-refractivity contribution in [2.24, 2.45) is 0 Å². The summed E-state index contributed by atoms with van der Waals surface area (Å²) in [5, 5.41) is 27.5. The number of carbonyl (C=O) groups is 1. The van der Waals surface area contributed by atoms with Crippen LogP contribution in [0.4, 0.5) is 0 Å². The topological polar surface area (TPSA) is 77.8 Å². The molecule has 15 heavy (non-hydrogen) atoms. The minimum atomic E-state index is -0.992. The van der Waals surface area contributed by atoms with Gasteiger partial charge in [-0.3, -0.25) is 0 Å². The lowest BCUT2D eigenvalue weighted by Gasteiger charge is -2.15. The molecule has 0 aliphatic rings. The first kappa shape index (κ1) is 14.1. The summed E-state index contributed by atoms with van der Waals surface area (Å²) < 4.78 is 0. The molecule has 88 valence electrons. The van der Waals surface area contributed by atoms with Gasteiger partial charge in [0.1, 0.15) is 0 Å². The van der Waals surface area contributed by atoms with Crippen LogP contribution in [0.1, 0.15) is 40.0 Å². The molecular formula is C11H20O4. The van der Waals surface area contributed by atoms with E-state index in [1.54, 1.807) is 6.92 Å². The van der Waals surface area contributed by atoms with E-state index in [2.05, 4.69) is 0 Å². The first-order chi connectivity index (χ1) is 6.88. The summed E-state index contributed by atoms with van der Waals surface area (Å²) in [4.78, 5) is 10.8. The summed E-state index contributed by atoms with van der Waals surface area (Å²) >= 11 is 0. The van der Waals surface area contributed by atoms with Gasteiger partial charge in [-0.05, 0) is 33.1 Å². The Morgan fingerprint density at radius 3 is 2.13 bits per heavy atom. The lowest BCUT2D eigenvalue weighted by molar-refractivity contribution is -0.132. The molecule has 0 rings (SSSR count). The van der Waals surface area contributed by atoms with E-state index < -0.39 is 18.2 Å². The molecule has 4 nitrogen and oxygen atoms in total. The van der Waals surface area contributed by atoms with Crippen LogP contribution in [0.2, 0.25) is 0 Å². The quantitative estimate of drug-likeness (QED) is 0.585. The van der Waals surface area contributed by atoms with Crippen molar-refractivity contribution in [2.75, 3.05) is 0 Å². The largest absolute Gasteiger partial charge is 0.478 e. The molecule has 0 saturated heterocycles. The summed E-state index contributed by atoms with van der Waals surface area (Å²) in [5.41, 5.74) is 0.843. The molecule has 4 heteroatoms. The number of carboxylic acids is 1.